The fourth-order valence-electron chi connectivity index (χ4n) is 1.91. The Hall–Kier alpha value is -1.77. The minimum absolute atomic E-state index is 0.203. The predicted molar refractivity (Wildman–Crippen MR) is 67.1 cm³/mol. The number of esters is 1. The van der Waals surface area contributed by atoms with Gasteiger partial charge in [0.25, 0.3) is 0 Å². The second-order valence-electron chi connectivity index (χ2n) is 5.46. The molecule has 1 rings (SSSR count). The monoisotopic (exact) mass is 268 g/mol. The van der Waals surface area contributed by atoms with Crippen LogP contribution in [0.4, 0.5) is 4.79 Å². The maximum Gasteiger partial charge on any atom is 0.411 e. The molecule has 0 aromatic carbocycles. The number of ether oxygens (including phenoxy) is 2. The second kappa shape index (κ2) is 5.91. The molecule has 1 saturated heterocycles. The molecule has 0 aliphatic carbocycles. The number of carbonyl (C=O) groups is 2. The Balaban J connectivity index is 2.80. The third-order valence-electron chi connectivity index (χ3n) is 2.67. The van der Waals surface area contributed by atoms with Crippen molar-refractivity contribution in [2.45, 2.75) is 45.8 Å². The highest BCUT2D eigenvalue weighted by Crippen LogP contribution is 2.25. The van der Waals surface area contributed by atoms with E-state index in [1.54, 1.807) is 27.7 Å². The van der Waals surface area contributed by atoms with Crippen LogP contribution in [0.2, 0.25) is 0 Å². The molecule has 1 unspecified atom stereocenters. The summed E-state index contributed by atoms with van der Waals surface area (Å²) in [5.41, 5.74) is -0.638. The summed E-state index contributed by atoms with van der Waals surface area (Å²) in [7, 11) is 0. The van der Waals surface area contributed by atoms with Crippen molar-refractivity contribution in [3.05, 3.63) is 0 Å². The van der Waals surface area contributed by atoms with Crippen LogP contribution in [0.1, 0.15) is 34.1 Å². The maximum absolute atomic E-state index is 12.0. The zero-order chi connectivity index (χ0) is 14.6. The van der Waals surface area contributed by atoms with E-state index < -0.39 is 23.7 Å². The molecule has 0 saturated carbocycles. The Morgan fingerprint density at radius 1 is 1.42 bits per heavy atom. The van der Waals surface area contributed by atoms with Crippen molar-refractivity contribution < 1.29 is 19.1 Å². The molecular formula is C13H20N2O4. The van der Waals surface area contributed by atoms with Crippen LogP contribution in [0, 0.1) is 17.2 Å². The molecule has 0 aromatic heterocycles. The van der Waals surface area contributed by atoms with Gasteiger partial charge in [-0.15, -0.1) is 0 Å². The molecular weight excluding hydrogens is 248 g/mol. The second-order valence-corrected chi connectivity index (χ2v) is 5.46. The quantitative estimate of drug-likeness (QED) is 0.712. The first-order chi connectivity index (χ1) is 8.78. The Bertz CT molecular complexity index is 394. The molecule has 0 aromatic rings. The lowest BCUT2D eigenvalue weighted by molar-refractivity contribution is -0.148. The summed E-state index contributed by atoms with van der Waals surface area (Å²) in [6.07, 6.45) is -0.280. The Morgan fingerprint density at radius 3 is 2.53 bits per heavy atom. The van der Waals surface area contributed by atoms with E-state index in [1.807, 2.05) is 0 Å². The number of hydrogen-bond acceptors (Lipinski definition) is 5. The minimum atomic E-state index is -0.723. The number of nitrogens with zero attached hydrogens (tertiary/aromatic N) is 2. The van der Waals surface area contributed by atoms with Crippen LogP contribution in [0.15, 0.2) is 0 Å². The summed E-state index contributed by atoms with van der Waals surface area (Å²) in [4.78, 5) is 25.1. The molecule has 1 aliphatic heterocycles. The zero-order valence-electron chi connectivity index (χ0n) is 11.8. The number of carbonyl (C=O) groups excluding carboxylic acids is 2. The van der Waals surface area contributed by atoms with Crippen molar-refractivity contribution in [1.82, 2.24) is 4.90 Å². The molecule has 19 heavy (non-hydrogen) atoms. The smallest absolute Gasteiger partial charge is 0.411 e. The lowest BCUT2D eigenvalue weighted by atomic mass is 10.1. The topological polar surface area (TPSA) is 79.6 Å². The molecule has 0 spiro atoms. The normalized spacial score (nSPS) is 22.8. The molecule has 106 valence electrons. The molecule has 1 aliphatic rings. The van der Waals surface area contributed by atoms with Gasteiger partial charge in [0, 0.05) is 6.54 Å². The van der Waals surface area contributed by atoms with Crippen molar-refractivity contribution in [3.63, 3.8) is 0 Å². The summed E-state index contributed by atoms with van der Waals surface area (Å²) in [6.45, 7) is 7.41. The summed E-state index contributed by atoms with van der Waals surface area (Å²) in [5.74, 6) is -0.840. The Kier molecular flexibility index (Phi) is 4.76. The largest absolute Gasteiger partial charge is 0.464 e. The van der Waals surface area contributed by atoms with Gasteiger partial charge in [-0.2, -0.15) is 5.26 Å². The van der Waals surface area contributed by atoms with Crippen LogP contribution in [-0.2, 0) is 14.3 Å². The van der Waals surface area contributed by atoms with E-state index in [4.69, 9.17) is 14.7 Å². The number of likely N-dealkylation sites (tertiary alicyclic amines) is 1. The number of nitriles is 1. The standard InChI is InChI=1S/C13H20N2O4/c1-5-18-11(16)10-6-9(7-14)8-15(10)12(17)19-13(2,3)4/h9-10H,5-6,8H2,1-4H3/t9?,10-/m1/s1. The molecule has 6 heteroatoms. The van der Waals surface area contributed by atoms with Crippen molar-refractivity contribution >= 4 is 12.1 Å². The van der Waals surface area contributed by atoms with E-state index in [0.717, 1.165) is 0 Å². The molecule has 1 fully saturated rings. The lowest BCUT2D eigenvalue weighted by Crippen LogP contribution is -2.44. The van der Waals surface area contributed by atoms with Crippen LogP contribution in [-0.4, -0.2) is 41.8 Å². The Labute approximate surface area is 113 Å². The first-order valence-corrected chi connectivity index (χ1v) is 6.34. The fraction of sp³-hybridized carbons (Fsp3) is 0.769. The average molecular weight is 268 g/mol. The van der Waals surface area contributed by atoms with Crippen LogP contribution >= 0.6 is 0 Å². The summed E-state index contributed by atoms with van der Waals surface area (Å²) < 4.78 is 10.2. The van der Waals surface area contributed by atoms with Gasteiger partial charge in [0.05, 0.1) is 18.6 Å². The molecule has 6 nitrogen and oxygen atoms in total. The van der Waals surface area contributed by atoms with E-state index in [9.17, 15) is 9.59 Å². The van der Waals surface area contributed by atoms with Gasteiger partial charge in [0.15, 0.2) is 0 Å². The van der Waals surface area contributed by atoms with Gasteiger partial charge in [0.1, 0.15) is 11.6 Å². The van der Waals surface area contributed by atoms with Crippen molar-refractivity contribution in [2.24, 2.45) is 5.92 Å². The average Bonchev–Trinajstić information content (AvgIpc) is 2.71. The zero-order valence-corrected chi connectivity index (χ0v) is 11.8. The van der Waals surface area contributed by atoms with Gasteiger partial charge in [-0.05, 0) is 34.1 Å². The lowest BCUT2D eigenvalue weighted by Gasteiger charge is -2.27. The van der Waals surface area contributed by atoms with Crippen LogP contribution in [0.5, 0.6) is 0 Å². The van der Waals surface area contributed by atoms with E-state index in [1.165, 1.54) is 4.90 Å². The predicted octanol–water partition coefficient (Wildman–Crippen LogP) is 1.70. The molecule has 1 amide bonds. The molecule has 0 bridgehead atoms. The molecule has 2 atom stereocenters. The number of amides is 1. The number of rotatable bonds is 2. The van der Waals surface area contributed by atoms with Crippen LogP contribution < -0.4 is 0 Å². The van der Waals surface area contributed by atoms with Gasteiger partial charge in [0.2, 0.25) is 0 Å². The SMILES string of the molecule is CCOC(=O)[C@H]1CC(C#N)CN1C(=O)OC(C)(C)C. The van der Waals surface area contributed by atoms with E-state index in [-0.39, 0.29) is 19.1 Å². The summed E-state index contributed by atoms with van der Waals surface area (Å²) >= 11 is 0. The van der Waals surface area contributed by atoms with Crippen molar-refractivity contribution in [3.8, 4) is 6.07 Å². The highest BCUT2D eigenvalue weighted by molar-refractivity contribution is 5.82. The number of hydrogen-bond donors (Lipinski definition) is 0. The first-order valence-electron chi connectivity index (χ1n) is 6.34. The fourth-order valence-corrected chi connectivity index (χ4v) is 1.91. The van der Waals surface area contributed by atoms with Gasteiger partial charge >= 0.3 is 12.1 Å². The highest BCUT2D eigenvalue weighted by Gasteiger charge is 2.42. The van der Waals surface area contributed by atoms with Crippen molar-refractivity contribution in [1.29, 1.82) is 5.26 Å². The van der Waals surface area contributed by atoms with Crippen LogP contribution in [0.3, 0.4) is 0 Å². The van der Waals surface area contributed by atoms with Crippen molar-refractivity contribution in [2.75, 3.05) is 13.2 Å². The van der Waals surface area contributed by atoms with Gasteiger partial charge in [-0.1, -0.05) is 0 Å². The Morgan fingerprint density at radius 2 is 2.05 bits per heavy atom. The minimum Gasteiger partial charge on any atom is -0.464 e. The highest BCUT2D eigenvalue weighted by atomic mass is 16.6. The maximum atomic E-state index is 12.0. The van der Waals surface area contributed by atoms with E-state index >= 15 is 0 Å². The third-order valence-corrected chi connectivity index (χ3v) is 2.67. The van der Waals surface area contributed by atoms with Gasteiger partial charge in [-0.25, -0.2) is 9.59 Å². The third kappa shape index (κ3) is 4.12. The molecule has 1 heterocycles. The molecule has 0 radical (unpaired) electrons. The summed E-state index contributed by atoms with van der Waals surface area (Å²) in [5, 5.41) is 8.95. The van der Waals surface area contributed by atoms with E-state index in [2.05, 4.69) is 6.07 Å². The van der Waals surface area contributed by atoms with Gasteiger partial charge < -0.3 is 9.47 Å². The van der Waals surface area contributed by atoms with Crippen LogP contribution in [0.25, 0.3) is 0 Å². The van der Waals surface area contributed by atoms with E-state index in [0.29, 0.717) is 6.42 Å². The molecule has 0 N–H and O–H groups in total. The first kappa shape index (κ1) is 15.3. The van der Waals surface area contributed by atoms with Gasteiger partial charge in [-0.3, -0.25) is 4.90 Å². The summed E-state index contributed by atoms with van der Waals surface area (Å²) in [6, 6.07) is 1.36.